The third kappa shape index (κ3) is 7.58. The van der Waals surface area contributed by atoms with Crippen LogP contribution in [0, 0.1) is 11.3 Å². The number of thiazole rings is 1. The number of methoxy groups -OCH3 is 1. The number of rotatable bonds is 11. The Morgan fingerprint density at radius 3 is 2.68 bits per heavy atom. The maximum atomic E-state index is 14.2. The van der Waals surface area contributed by atoms with Crippen molar-refractivity contribution >= 4 is 49.1 Å². The van der Waals surface area contributed by atoms with E-state index < -0.39 is 16.1 Å². The van der Waals surface area contributed by atoms with Gasteiger partial charge >= 0.3 is 5.97 Å². The topological polar surface area (TPSA) is 118 Å². The maximum Gasteiger partial charge on any atom is 0.305 e. The number of alkyl halides is 1. The Labute approximate surface area is 262 Å². The predicted octanol–water partition coefficient (Wildman–Crippen LogP) is 4.88. The number of para-hydroxylation sites is 1. The van der Waals surface area contributed by atoms with Crippen LogP contribution in [0.2, 0.25) is 0 Å². The van der Waals surface area contributed by atoms with E-state index in [0.29, 0.717) is 68.0 Å². The van der Waals surface area contributed by atoms with Crippen molar-refractivity contribution in [1.29, 1.82) is 0 Å². The Bertz CT molecular complexity index is 1580. The van der Waals surface area contributed by atoms with Gasteiger partial charge < -0.3 is 15.0 Å². The summed E-state index contributed by atoms with van der Waals surface area (Å²) in [6.45, 7) is 5.34. The molecule has 0 spiro atoms. The molecule has 2 aliphatic rings. The number of hydrogen-bond donors (Lipinski definition) is 2. The van der Waals surface area contributed by atoms with Gasteiger partial charge in [0.15, 0.2) is 0 Å². The van der Waals surface area contributed by atoms with E-state index in [-0.39, 0.29) is 47.6 Å². The van der Waals surface area contributed by atoms with Crippen LogP contribution in [0.1, 0.15) is 55.7 Å². The molecule has 2 aromatic carbocycles. The summed E-state index contributed by atoms with van der Waals surface area (Å²) in [4.78, 5) is 32.3. The van der Waals surface area contributed by atoms with Crippen LogP contribution in [0.4, 0.5) is 10.1 Å². The molecule has 1 aromatic heterocycles. The van der Waals surface area contributed by atoms with Gasteiger partial charge in [-0.05, 0) is 72.8 Å². The molecule has 1 fully saturated rings. The molecule has 1 saturated heterocycles. The van der Waals surface area contributed by atoms with Crippen LogP contribution in [-0.4, -0.2) is 69.6 Å². The lowest BCUT2D eigenvalue weighted by Crippen LogP contribution is -2.51. The highest BCUT2D eigenvalue weighted by molar-refractivity contribution is 7.89. The highest BCUT2D eigenvalue weighted by Crippen LogP contribution is 2.38. The minimum Gasteiger partial charge on any atom is -0.469 e. The average Bonchev–Trinajstić information content (AvgIpc) is 3.41. The average molecular weight is 645 g/mol. The van der Waals surface area contributed by atoms with E-state index in [1.165, 1.54) is 18.4 Å². The highest BCUT2D eigenvalue weighted by Gasteiger charge is 2.36. The second kappa shape index (κ2) is 13.5. The summed E-state index contributed by atoms with van der Waals surface area (Å²) in [5.41, 5.74) is 2.79. The highest BCUT2D eigenvalue weighted by atomic mass is 32.2. The van der Waals surface area contributed by atoms with Gasteiger partial charge in [-0.2, -0.15) is 4.72 Å². The van der Waals surface area contributed by atoms with Crippen LogP contribution in [0.15, 0.2) is 41.3 Å². The number of carbonyl (C=O) groups is 2. The van der Waals surface area contributed by atoms with E-state index >= 15 is 0 Å². The number of halogens is 1. The number of anilines is 1. The van der Waals surface area contributed by atoms with Crippen LogP contribution in [0.3, 0.4) is 0 Å². The number of ether oxygens (including phenoxy) is 1. The van der Waals surface area contributed by atoms with Crippen molar-refractivity contribution in [3.63, 3.8) is 0 Å². The number of benzene rings is 2. The third-order valence-electron chi connectivity index (χ3n) is 8.55. The number of nitrogens with zero attached hydrogens (tertiary/aromatic N) is 2. The van der Waals surface area contributed by atoms with E-state index in [9.17, 15) is 22.4 Å². The molecule has 3 heterocycles. The number of nitrogens with one attached hydrogen (secondary N) is 2. The molecule has 5 rings (SSSR count). The van der Waals surface area contributed by atoms with Crippen molar-refractivity contribution in [1.82, 2.24) is 14.6 Å². The van der Waals surface area contributed by atoms with Crippen LogP contribution in [0.25, 0.3) is 10.2 Å². The summed E-state index contributed by atoms with van der Waals surface area (Å²) in [5, 5.41) is 3.99. The van der Waals surface area contributed by atoms with Gasteiger partial charge in [0.2, 0.25) is 15.9 Å². The first-order chi connectivity index (χ1) is 21.0. The van der Waals surface area contributed by atoms with Crippen LogP contribution < -0.4 is 10.0 Å². The van der Waals surface area contributed by atoms with Crippen molar-refractivity contribution in [2.75, 3.05) is 38.7 Å². The van der Waals surface area contributed by atoms with Gasteiger partial charge in [0.25, 0.3) is 0 Å². The zero-order chi connectivity index (χ0) is 31.5. The van der Waals surface area contributed by atoms with Crippen molar-refractivity contribution in [3.8, 4) is 0 Å². The number of esters is 1. The minimum atomic E-state index is -4.21. The number of amides is 1. The molecule has 0 aliphatic carbocycles. The van der Waals surface area contributed by atoms with E-state index in [1.807, 2.05) is 30.3 Å². The minimum absolute atomic E-state index is 0.0640. The SMILES string of the molecule is COC(=O)CCc1cc2c(c(S(=O)(=O)N[C@@H](Cc3nc4ccccc4s3)C(=O)N3CCC(CCF)CC3)c1)NCC(C)(C)C2. The zero-order valence-corrected chi connectivity index (χ0v) is 27.2. The van der Waals surface area contributed by atoms with Gasteiger partial charge in [-0.25, -0.2) is 13.4 Å². The Morgan fingerprint density at radius 1 is 1.23 bits per heavy atom. The third-order valence-corrected chi connectivity index (χ3v) is 11.1. The quantitative estimate of drug-likeness (QED) is 0.286. The molecule has 238 valence electrons. The Kier molecular flexibility index (Phi) is 9.91. The molecule has 2 aliphatic heterocycles. The molecule has 2 N–H and O–H groups in total. The number of sulfonamides is 1. The Morgan fingerprint density at radius 2 is 1.98 bits per heavy atom. The Balaban J connectivity index is 1.47. The second-order valence-corrected chi connectivity index (χ2v) is 15.4. The molecule has 0 radical (unpaired) electrons. The summed E-state index contributed by atoms with van der Waals surface area (Å²) in [6.07, 6.45) is 3.06. The summed E-state index contributed by atoms with van der Waals surface area (Å²) in [5.74, 6) is -0.463. The number of piperidine rings is 1. The number of aryl methyl sites for hydroxylation is 1. The molecule has 9 nitrogen and oxygen atoms in total. The number of aromatic nitrogens is 1. The molecule has 0 bridgehead atoms. The summed E-state index contributed by atoms with van der Waals surface area (Å²) in [7, 11) is -2.88. The molecule has 1 amide bonds. The van der Waals surface area contributed by atoms with E-state index in [4.69, 9.17) is 4.74 Å². The fourth-order valence-electron chi connectivity index (χ4n) is 6.12. The van der Waals surface area contributed by atoms with Crippen molar-refractivity contribution in [2.45, 2.75) is 69.7 Å². The van der Waals surface area contributed by atoms with Crippen LogP contribution in [0.5, 0.6) is 0 Å². The predicted molar refractivity (Wildman–Crippen MR) is 170 cm³/mol. The maximum absolute atomic E-state index is 14.2. The first-order valence-electron chi connectivity index (χ1n) is 15.2. The molecule has 44 heavy (non-hydrogen) atoms. The van der Waals surface area contributed by atoms with Gasteiger partial charge in [0, 0.05) is 32.5 Å². The first-order valence-corrected chi connectivity index (χ1v) is 17.5. The van der Waals surface area contributed by atoms with Gasteiger partial charge in [0.05, 0.1) is 34.7 Å². The Hall–Kier alpha value is -3.09. The fourth-order valence-corrected chi connectivity index (χ4v) is 8.59. The summed E-state index contributed by atoms with van der Waals surface area (Å²) >= 11 is 1.44. The molecular weight excluding hydrogens is 604 g/mol. The van der Waals surface area contributed by atoms with E-state index in [0.717, 1.165) is 15.8 Å². The molecule has 12 heteroatoms. The standard InChI is InChI=1S/C32H41FN4O5S2/c1-32(2)19-23-16-22(8-9-29(38)42-3)17-27(30(23)34-20-32)44(40,41)36-25(18-28-35-24-6-4-5-7-26(24)43-28)31(39)37-14-11-21(10-13-33)12-15-37/h4-7,16-17,21,25,34,36H,8-15,18-20H2,1-3H3/t25-/m0/s1. The summed E-state index contributed by atoms with van der Waals surface area (Å²) in [6, 6.07) is 10.1. The monoisotopic (exact) mass is 644 g/mol. The van der Waals surface area contributed by atoms with Crippen molar-refractivity contribution in [2.24, 2.45) is 11.3 Å². The van der Waals surface area contributed by atoms with Gasteiger partial charge in [0.1, 0.15) is 10.9 Å². The lowest BCUT2D eigenvalue weighted by atomic mass is 9.81. The largest absolute Gasteiger partial charge is 0.469 e. The molecule has 1 atom stereocenters. The lowest BCUT2D eigenvalue weighted by Gasteiger charge is -2.35. The normalized spacial score (nSPS) is 17.6. The molecule has 0 unspecified atom stereocenters. The lowest BCUT2D eigenvalue weighted by molar-refractivity contribution is -0.140. The summed E-state index contributed by atoms with van der Waals surface area (Å²) < 4.78 is 49.9. The molecule has 0 saturated carbocycles. The number of likely N-dealkylation sites (tertiary alicyclic amines) is 1. The van der Waals surface area contributed by atoms with Gasteiger partial charge in [-0.3, -0.25) is 14.0 Å². The molecular formula is C32H41FN4O5S2. The van der Waals surface area contributed by atoms with Crippen LogP contribution in [-0.2, 0) is 43.6 Å². The van der Waals surface area contributed by atoms with Crippen molar-refractivity contribution < 1.29 is 27.1 Å². The number of fused-ring (bicyclic) bond motifs is 2. The molecule has 3 aromatic rings. The van der Waals surface area contributed by atoms with Gasteiger partial charge in [-0.1, -0.05) is 32.0 Å². The number of hydrogen-bond acceptors (Lipinski definition) is 8. The van der Waals surface area contributed by atoms with E-state index in [2.05, 4.69) is 28.9 Å². The van der Waals surface area contributed by atoms with Crippen LogP contribution >= 0.6 is 11.3 Å². The first kappa shape index (κ1) is 32.3. The fraction of sp³-hybridized carbons (Fsp3) is 0.531. The second-order valence-electron chi connectivity index (χ2n) is 12.6. The smallest absolute Gasteiger partial charge is 0.305 e. The number of carbonyl (C=O) groups excluding carboxylic acids is 2. The van der Waals surface area contributed by atoms with E-state index in [1.54, 1.807) is 11.0 Å². The zero-order valence-electron chi connectivity index (χ0n) is 25.5. The van der Waals surface area contributed by atoms with Crippen molar-refractivity contribution in [3.05, 3.63) is 52.5 Å². The van der Waals surface area contributed by atoms with Gasteiger partial charge in [-0.15, -0.1) is 11.3 Å².